The van der Waals surface area contributed by atoms with Crippen LogP contribution in [0.25, 0.3) is 0 Å². The predicted octanol–water partition coefficient (Wildman–Crippen LogP) is 3.21. The summed E-state index contributed by atoms with van der Waals surface area (Å²) in [7, 11) is 0. The van der Waals surface area contributed by atoms with Gasteiger partial charge in [0.15, 0.2) is 0 Å². The maximum atomic E-state index is 12.4. The number of benzene rings is 2. The second-order valence-electron chi connectivity index (χ2n) is 5.49. The van der Waals surface area contributed by atoms with E-state index < -0.39 is 0 Å². The Labute approximate surface area is 140 Å². The number of hydrogen-bond donors (Lipinski definition) is 1. The maximum absolute atomic E-state index is 12.4. The smallest absolute Gasteiger partial charge is 0.242 e. The van der Waals surface area contributed by atoms with E-state index in [1.54, 1.807) is 18.2 Å². The summed E-state index contributed by atoms with van der Waals surface area (Å²) < 4.78 is 0. The Balaban J connectivity index is 1.64. The minimum Gasteiger partial charge on any atom is -0.375 e. The zero-order valence-corrected chi connectivity index (χ0v) is 13.3. The third-order valence-corrected chi connectivity index (χ3v) is 4.25. The second-order valence-corrected chi connectivity index (χ2v) is 5.93. The molecule has 1 N–H and O–H groups in total. The zero-order valence-electron chi connectivity index (χ0n) is 12.6. The van der Waals surface area contributed by atoms with Crippen molar-refractivity contribution in [1.82, 2.24) is 4.90 Å². The molecule has 116 valence electrons. The van der Waals surface area contributed by atoms with Crippen molar-refractivity contribution in [1.29, 1.82) is 5.26 Å². The average molecular weight is 326 g/mol. The van der Waals surface area contributed by atoms with Crippen LogP contribution in [0, 0.1) is 11.3 Å². The number of halogens is 1. The molecule has 23 heavy (non-hydrogen) atoms. The van der Waals surface area contributed by atoms with E-state index in [2.05, 4.69) is 23.5 Å². The van der Waals surface area contributed by atoms with Crippen LogP contribution in [0.2, 0.25) is 5.02 Å². The molecule has 4 nitrogen and oxygen atoms in total. The lowest BCUT2D eigenvalue weighted by Crippen LogP contribution is -2.39. The summed E-state index contributed by atoms with van der Waals surface area (Å²) in [6.45, 7) is 1.53. The van der Waals surface area contributed by atoms with Gasteiger partial charge in [0.25, 0.3) is 0 Å². The molecule has 2 aromatic carbocycles. The lowest BCUT2D eigenvalue weighted by Gasteiger charge is -2.29. The number of anilines is 1. The Morgan fingerprint density at radius 2 is 2.04 bits per heavy atom. The van der Waals surface area contributed by atoms with Crippen LogP contribution in [0.1, 0.15) is 16.7 Å². The molecule has 0 fully saturated rings. The van der Waals surface area contributed by atoms with Gasteiger partial charge in [-0.05, 0) is 35.7 Å². The summed E-state index contributed by atoms with van der Waals surface area (Å²) in [6.07, 6.45) is 0.881. The van der Waals surface area contributed by atoms with Crippen molar-refractivity contribution in [3.8, 4) is 6.07 Å². The average Bonchev–Trinajstić information content (AvgIpc) is 2.59. The molecule has 5 heteroatoms. The molecule has 0 radical (unpaired) electrons. The van der Waals surface area contributed by atoms with Crippen molar-refractivity contribution < 1.29 is 4.79 Å². The molecule has 1 aliphatic rings. The summed E-state index contributed by atoms with van der Waals surface area (Å²) in [5.74, 6) is 0.0262. The second kappa shape index (κ2) is 6.72. The molecule has 0 saturated heterocycles. The van der Waals surface area contributed by atoms with Crippen molar-refractivity contribution in [2.45, 2.75) is 13.0 Å². The molecule has 0 saturated carbocycles. The van der Waals surface area contributed by atoms with Gasteiger partial charge in [0, 0.05) is 18.1 Å². The first-order valence-electron chi connectivity index (χ1n) is 7.45. The molecular formula is C18H16ClN3O. The van der Waals surface area contributed by atoms with E-state index in [1.165, 1.54) is 11.1 Å². The molecule has 0 bridgehead atoms. The molecule has 1 heterocycles. The van der Waals surface area contributed by atoms with E-state index >= 15 is 0 Å². The largest absolute Gasteiger partial charge is 0.375 e. The van der Waals surface area contributed by atoms with E-state index in [0.717, 1.165) is 13.0 Å². The molecule has 0 unspecified atom stereocenters. The van der Waals surface area contributed by atoms with Gasteiger partial charge in [0.1, 0.15) is 6.07 Å². The molecule has 1 amide bonds. The van der Waals surface area contributed by atoms with Crippen LogP contribution < -0.4 is 5.32 Å². The lowest BCUT2D eigenvalue weighted by molar-refractivity contribution is -0.130. The predicted molar refractivity (Wildman–Crippen MR) is 90.2 cm³/mol. The van der Waals surface area contributed by atoms with Crippen molar-refractivity contribution in [2.75, 3.05) is 18.4 Å². The third-order valence-electron chi connectivity index (χ3n) is 4.02. The first kappa shape index (κ1) is 15.4. The minimum absolute atomic E-state index is 0.0262. The maximum Gasteiger partial charge on any atom is 0.242 e. The van der Waals surface area contributed by atoms with E-state index in [9.17, 15) is 4.79 Å². The lowest BCUT2D eigenvalue weighted by atomic mass is 10.00. The molecular weight excluding hydrogens is 310 g/mol. The van der Waals surface area contributed by atoms with E-state index in [-0.39, 0.29) is 12.5 Å². The zero-order chi connectivity index (χ0) is 16.2. The van der Waals surface area contributed by atoms with Gasteiger partial charge >= 0.3 is 0 Å². The highest BCUT2D eigenvalue weighted by Gasteiger charge is 2.20. The van der Waals surface area contributed by atoms with Gasteiger partial charge in [-0.25, -0.2) is 0 Å². The molecule has 3 rings (SSSR count). The summed E-state index contributed by atoms with van der Waals surface area (Å²) in [5.41, 5.74) is 3.59. The summed E-state index contributed by atoms with van der Waals surface area (Å²) in [6, 6.07) is 15.3. The molecule has 2 aromatic rings. The van der Waals surface area contributed by atoms with Gasteiger partial charge in [0.05, 0.1) is 17.8 Å². The number of carbonyl (C=O) groups excluding carboxylic acids is 1. The highest BCUT2D eigenvalue weighted by atomic mass is 35.5. The number of nitrogens with one attached hydrogen (secondary N) is 1. The Morgan fingerprint density at radius 3 is 2.83 bits per heavy atom. The highest BCUT2D eigenvalue weighted by molar-refractivity contribution is 6.30. The number of amides is 1. The van der Waals surface area contributed by atoms with Crippen LogP contribution >= 0.6 is 11.6 Å². The monoisotopic (exact) mass is 325 g/mol. The van der Waals surface area contributed by atoms with Gasteiger partial charge < -0.3 is 10.2 Å². The Bertz CT molecular complexity index is 782. The van der Waals surface area contributed by atoms with Crippen LogP contribution in [0.15, 0.2) is 42.5 Å². The molecule has 0 aromatic heterocycles. The molecule has 0 atom stereocenters. The van der Waals surface area contributed by atoms with Crippen molar-refractivity contribution >= 4 is 23.2 Å². The Hall–Kier alpha value is -2.51. The first-order chi connectivity index (χ1) is 11.2. The molecule has 0 spiro atoms. The summed E-state index contributed by atoms with van der Waals surface area (Å²) in [4.78, 5) is 14.2. The van der Waals surface area contributed by atoms with Crippen LogP contribution in [0.3, 0.4) is 0 Å². The van der Waals surface area contributed by atoms with Crippen molar-refractivity contribution in [3.63, 3.8) is 0 Å². The van der Waals surface area contributed by atoms with Gasteiger partial charge in [-0.3, -0.25) is 4.79 Å². The first-order valence-corrected chi connectivity index (χ1v) is 7.83. The summed E-state index contributed by atoms with van der Waals surface area (Å²) >= 11 is 5.87. The fraction of sp³-hybridized carbons (Fsp3) is 0.222. The number of rotatable bonds is 3. The molecule has 1 aliphatic heterocycles. The number of fused-ring (bicyclic) bond motifs is 1. The Morgan fingerprint density at radius 1 is 1.26 bits per heavy atom. The van der Waals surface area contributed by atoms with Gasteiger partial charge in [-0.2, -0.15) is 5.26 Å². The van der Waals surface area contributed by atoms with Gasteiger partial charge in [-0.15, -0.1) is 0 Å². The van der Waals surface area contributed by atoms with E-state index in [4.69, 9.17) is 16.9 Å². The fourth-order valence-electron chi connectivity index (χ4n) is 2.75. The van der Waals surface area contributed by atoms with Gasteiger partial charge in [0.2, 0.25) is 5.91 Å². The van der Waals surface area contributed by atoms with E-state index in [0.29, 0.717) is 22.8 Å². The van der Waals surface area contributed by atoms with Crippen LogP contribution in [-0.2, 0) is 17.8 Å². The Kier molecular flexibility index (Phi) is 4.50. The summed E-state index contributed by atoms with van der Waals surface area (Å²) in [5, 5.41) is 12.7. The topological polar surface area (TPSA) is 56.1 Å². The van der Waals surface area contributed by atoms with Gasteiger partial charge in [-0.1, -0.05) is 35.9 Å². The highest BCUT2D eigenvalue weighted by Crippen LogP contribution is 2.21. The van der Waals surface area contributed by atoms with Crippen molar-refractivity contribution in [3.05, 3.63) is 64.2 Å². The van der Waals surface area contributed by atoms with Crippen LogP contribution in [-0.4, -0.2) is 23.9 Å². The number of hydrogen-bond acceptors (Lipinski definition) is 3. The fourth-order valence-corrected chi connectivity index (χ4v) is 2.93. The number of nitrogens with zero attached hydrogens (tertiary/aromatic N) is 2. The third kappa shape index (κ3) is 3.46. The quantitative estimate of drug-likeness (QED) is 0.942. The van der Waals surface area contributed by atoms with Crippen LogP contribution in [0.4, 0.5) is 5.69 Å². The number of carbonyl (C=O) groups is 1. The minimum atomic E-state index is 0.0262. The molecule has 0 aliphatic carbocycles. The normalized spacial score (nSPS) is 13.1. The van der Waals surface area contributed by atoms with E-state index in [1.807, 2.05) is 17.0 Å². The SMILES string of the molecule is N#Cc1cc(Cl)ccc1NCC(=O)N1CCc2ccccc2C1. The van der Waals surface area contributed by atoms with Crippen molar-refractivity contribution in [2.24, 2.45) is 0 Å². The standard InChI is InChI=1S/C18H16ClN3O/c19-16-5-6-17(15(9-16)10-20)21-11-18(23)22-8-7-13-3-1-2-4-14(13)12-22/h1-6,9,21H,7-8,11-12H2. The number of nitriles is 1. The van der Waals surface area contributed by atoms with Crippen LogP contribution in [0.5, 0.6) is 0 Å².